The molecular weight excluding hydrogens is 239 g/mol. The van der Waals surface area contributed by atoms with Gasteiger partial charge in [0.2, 0.25) is 0 Å². The summed E-state index contributed by atoms with van der Waals surface area (Å²) in [6.45, 7) is 1.63. The minimum absolute atomic E-state index is 0.128. The van der Waals surface area contributed by atoms with Crippen molar-refractivity contribution in [1.29, 1.82) is 0 Å². The summed E-state index contributed by atoms with van der Waals surface area (Å²) in [5.74, 6) is -1.05. The molecule has 0 bridgehead atoms. The molecule has 0 amide bonds. The molecule has 13 heavy (non-hydrogen) atoms. The molecule has 0 heterocycles. The van der Waals surface area contributed by atoms with E-state index in [2.05, 4.69) is 15.9 Å². The molecule has 1 aromatic rings. The van der Waals surface area contributed by atoms with E-state index in [0.717, 1.165) is 5.56 Å². The molecule has 0 spiro atoms. The third-order valence-electron chi connectivity index (χ3n) is 1.82. The van der Waals surface area contributed by atoms with Crippen LogP contribution in [0.25, 0.3) is 0 Å². The van der Waals surface area contributed by atoms with Crippen LogP contribution in [0.5, 0.6) is 5.75 Å². The number of hydrogen-bond acceptors (Lipinski definition) is 2. The number of benzene rings is 1. The van der Waals surface area contributed by atoms with Crippen molar-refractivity contribution < 1.29 is 14.6 Å². The van der Waals surface area contributed by atoms with Crippen LogP contribution in [0.3, 0.4) is 0 Å². The topological polar surface area (TPSA) is 40.5 Å². The first-order valence-electron chi connectivity index (χ1n) is 3.85. The summed E-state index contributed by atoms with van der Waals surface area (Å²) in [7, 11) is 0. The Morgan fingerprint density at radius 3 is 2.69 bits per heavy atom. The first-order valence-corrected chi connectivity index (χ1v) is 4.64. The molecule has 0 saturated carbocycles. The van der Waals surface area contributed by atoms with E-state index in [1.54, 1.807) is 13.0 Å². The van der Waals surface area contributed by atoms with Gasteiger partial charge in [-0.25, -0.2) is 4.39 Å². The van der Waals surface area contributed by atoms with Gasteiger partial charge in [0.25, 0.3) is 0 Å². The Kier molecular flexibility index (Phi) is 3.27. The van der Waals surface area contributed by atoms with Gasteiger partial charge in [-0.05, 0) is 40.4 Å². The molecule has 0 saturated heterocycles. The van der Waals surface area contributed by atoms with Gasteiger partial charge in [0.1, 0.15) is 0 Å². The fraction of sp³-hybridized carbons (Fsp3) is 0.333. The molecule has 4 heteroatoms. The molecule has 2 nitrogen and oxygen atoms in total. The number of phenols is 1. The molecule has 1 rings (SSSR count). The van der Waals surface area contributed by atoms with E-state index in [0.29, 0.717) is 10.0 Å². The van der Waals surface area contributed by atoms with E-state index in [1.807, 2.05) is 0 Å². The second-order valence-electron chi connectivity index (χ2n) is 2.80. The van der Waals surface area contributed by atoms with E-state index in [9.17, 15) is 9.50 Å². The Bertz CT molecular complexity index is 326. The van der Waals surface area contributed by atoms with Gasteiger partial charge in [0.05, 0.1) is 4.47 Å². The third kappa shape index (κ3) is 2.00. The summed E-state index contributed by atoms with van der Waals surface area (Å²) in [4.78, 5) is 0. The highest BCUT2D eigenvalue weighted by Gasteiger charge is 2.13. The number of rotatable bonds is 2. The Hall–Kier alpha value is -0.610. The van der Waals surface area contributed by atoms with Crippen LogP contribution < -0.4 is 0 Å². The first-order chi connectivity index (χ1) is 6.07. The fourth-order valence-electron chi connectivity index (χ4n) is 1.13. The van der Waals surface area contributed by atoms with Crippen LogP contribution in [0.4, 0.5) is 4.39 Å². The van der Waals surface area contributed by atoms with Crippen LogP contribution in [0.15, 0.2) is 10.5 Å². The van der Waals surface area contributed by atoms with E-state index in [4.69, 9.17) is 5.11 Å². The second-order valence-corrected chi connectivity index (χ2v) is 3.60. The lowest BCUT2D eigenvalue weighted by Crippen LogP contribution is -1.97. The number of aromatic hydroxyl groups is 1. The average Bonchev–Trinajstić information content (AvgIpc) is 2.11. The maximum Gasteiger partial charge on any atom is 0.169 e. The Balaban J connectivity index is 3.24. The lowest BCUT2D eigenvalue weighted by molar-refractivity contribution is 0.296. The van der Waals surface area contributed by atoms with E-state index in [-0.39, 0.29) is 18.8 Å². The number of aryl methyl sites for hydroxylation is 1. The van der Waals surface area contributed by atoms with Crippen LogP contribution in [0.2, 0.25) is 0 Å². The van der Waals surface area contributed by atoms with Crippen molar-refractivity contribution in [3.8, 4) is 5.75 Å². The maximum absolute atomic E-state index is 13.2. The Morgan fingerprint density at radius 2 is 2.15 bits per heavy atom. The highest BCUT2D eigenvalue weighted by Crippen LogP contribution is 2.32. The molecule has 1 aromatic carbocycles. The van der Waals surface area contributed by atoms with Crippen molar-refractivity contribution >= 4 is 15.9 Å². The minimum Gasteiger partial charge on any atom is -0.504 e. The molecule has 72 valence electrons. The summed E-state index contributed by atoms with van der Waals surface area (Å²) in [6, 6.07) is 1.61. The van der Waals surface area contributed by atoms with Crippen molar-refractivity contribution in [2.75, 3.05) is 6.61 Å². The van der Waals surface area contributed by atoms with Gasteiger partial charge < -0.3 is 10.2 Å². The van der Waals surface area contributed by atoms with Crippen molar-refractivity contribution in [1.82, 2.24) is 0 Å². The molecule has 0 aliphatic carbocycles. The third-order valence-corrected chi connectivity index (χ3v) is 2.82. The molecule has 0 aromatic heterocycles. The zero-order valence-electron chi connectivity index (χ0n) is 7.14. The van der Waals surface area contributed by atoms with E-state index in [1.165, 1.54) is 0 Å². The summed E-state index contributed by atoms with van der Waals surface area (Å²) in [5, 5.41) is 17.9. The fourth-order valence-corrected chi connectivity index (χ4v) is 1.41. The Labute approximate surface area is 84.1 Å². The summed E-state index contributed by atoms with van der Waals surface area (Å²) < 4.78 is 13.6. The summed E-state index contributed by atoms with van der Waals surface area (Å²) in [6.07, 6.45) is 0.216. The average molecular weight is 249 g/mol. The normalized spacial score (nSPS) is 10.5. The number of phenolic OH excluding ortho intramolecular Hbond substituents is 1. The lowest BCUT2D eigenvalue weighted by Gasteiger charge is -2.07. The van der Waals surface area contributed by atoms with Crippen LogP contribution >= 0.6 is 15.9 Å². The van der Waals surface area contributed by atoms with Gasteiger partial charge in [-0.15, -0.1) is 0 Å². The number of halogens is 2. The van der Waals surface area contributed by atoms with E-state index < -0.39 is 5.82 Å². The van der Waals surface area contributed by atoms with E-state index >= 15 is 0 Å². The summed E-state index contributed by atoms with van der Waals surface area (Å²) in [5.41, 5.74) is 1.09. The molecule has 0 aliphatic heterocycles. The lowest BCUT2D eigenvalue weighted by atomic mass is 10.1. The van der Waals surface area contributed by atoms with Crippen molar-refractivity contribution in [2.24, 2.45) is 0 Å². The standard InChI is InChI=1S/C9H10BrFO2/c1-5-4-6(2-3-12)8(11)9(13)7(5)10/h4,12-13H,2-3H2,1H3. The monoisotopic (exact) mass is 248 g/mol. The van der Waals surface area contributed by atoms with Crippen LogP contribution in [-0.4, -0.2) is 16.8 Å². The molecule has 0 unspecified atom stereocenters. The Morgan fingerprint density at radius 1 is 1.54 bits per heavy atom. The number of hydrogen-bond donors (Lipinski definition) is 2. The second kappa shape index (κ2) is 4.07. The van der Waals surface area contributed by atoms with Gasteiger partial charge in [-0.1, -0.05) is 6.07 Å². The van der Waals surface area contributed by atoms with Gasteiger partial charge in [0, 0.05) is 6.61 Å². The molecule has 0 radical (unpaired) electrons. The zero-order chi connectivity index (χ0) is 10.0. The minimum atomic E-state index is -0.661. The van der Waals surface area contributed by atoms with Crippen LogP contribution in [0, 0.1) is 12.7 Å². The smallest absolute Gasteiger partial charge is 0.169 e. The number of aliphatic hydroxyl groups excluding tert-OH is 1. The van der Waals surface area contributed by atoms with Gasteiger partial charge in [0.15, 0.2) is 11.6 Å². The molecule has 0 atom stereocenters. The van der Waals surface area contributed by atoms with Gasteiger partial charge in [-0.2, -0.15) is 0 Å². The van der Waals surface area contributed by atoms with Crippen molar-refractivity contribution in [2.45, 2.75) is 13.3 Å². The van der Waals surface area contributed by atoms with Crippen LogP contribution in [0.1, 0.15) is 11.1 Å². The van der Waals surface area contributed by atoms with Crippen LogP contribution in [-0.2, 0) is 6.42 Å². The van der Waals surface area contributed by atoms with Crippen molar-refractivity contribution in [3.05, 3.63) is 27.5 Å². The predicted molar refractivity (Wildman–Crippen MR) is 51.3 cm³/mol. The highest BCUT2D eigenvalue weighted by atomic mass is 79.9. The highest BCUT2D eigenvalue weighted by molar-refractivity contribution is 9.10. The van der Waals surface area contributed by atoms with Gasteiger partial charge >= 0.3 is 0 Å². The first kappa shape index (κ1) is 10.5. The molecule has 2 N–H and O–H groups in total. The zero-order valence-corrected chi connectivity index (χ0v) is 8.73. The summed E-state index contributed by atoms with van der Waals surface area (Å²) >= 11 is 3.06. The molecule has 0 fully saturated rings. The largest absolute Gasteiger partial charge is 0.504 e. The van der Waals surface area contributed by atoms with Crippen molar-refractivity contribution in [3.63, 3.8) is 0 Å². The van der Waals surface area contributed by atoms with Gasteiger partial charge in [-0.3, -0.25) is 0 Å². The predicted octanol–water partition coefficient (Wildman–Crippen LogP) is 2.14. The molecule has 0 aliphatic rings. The SMILES string of the molecule is Cc1cc(CCO)c(F)c(O)c1Br. The molecular formula is C9H10BrFO2. The number of aliphatic hydroxyl groups is 1. The quantitative estimate of drug-likeness (QED) is 0.842. The maximum atomic E-state index is 13.2.